The molecular formula is C20H23NO2. The molecule has 3 rings (SSSR count). The van der Waals surface area contributed by atoms with Crippen LogP contribution >= 0.6 is 0 Å². The van der Waals surface area contributed by atoms with Crippen LogP contribution in [-0.4, -0.2) is 12.5 Å². The quantitative estimate of drug-likeness (QED) is 0.893. The van der Waals surface area contributed by atoms with Crippen LogP contribution in [0.2, 0.25) is 0 Å². The molecule has 0 bridgehead atoms. The van der Waals surface area contributed by atoms with Crippen molar-refractivity contribution in [2.75, 3.05) is 11.9 Å². The van der Waals surface area contributed by atoms with Gasteiger partial charge in [0.25, 0.3) is 5.91 Å². The molecule has 0 radical (unpaired) electrons. The van der Waals surface area contributed by atoms with Gasteiger partial charge in [-0.05, 0) is 60.1 Å². The molecule has 0 fully saturated rings. The topological polar surface area (TPSA) is 38.3 Å². The normalized spacial score (nSPS) is 13.0. The van der Waals surface area contributed by atoms with Crippen molar-refractivity contribution in [1.29, 1.82) is 0 Å². The smallest absolute Gasteiger partial charge is 0.262 e. The van der Waals surface area contributed by atoms with E-state index in [1.165, 1.54) is 17.5 Å². The molecule has 0 heterocycles. The summed E-state index contributed by atoms with van der Waals surface area (Å²) in [7, 11) is 0. The molecule has 0 saturated heterocycles. The van der Waals surface area contributed by atoms with E-state index in [1.807, 2.05) is 30.3 Å². The number of carbonyl (C=O) groups excluding carboxylic acids is 1. The molecule has 1 aliphatic carbocycles. The molecule has 0 unspecified atom stereocenters. The Morgan fingerprint density at radius 3 is 2.74 bits per heavy atom. The summed E-state index contributed by atoms with van der Waals surface area (Å²) < 4.78 is 5.71. The first kappa shape index (κ1) is 15.6. The van der Waals surface area contributed by atoms with Gasteiger partial charge in [-0.25, -0.2) is 0 Å². The second-order valence-corrected chi connectivity index (χ2v) is 6.37. The lowest BCUT2D eigenvalue weighted by molar-refractivity contribution is -0.118. The average Bonchev–Trinajstić information content (AvgIpc) is 3.00. The zero-order valence-electron chi connectivity index (χ0n) is 13.8. The van der Waals surface area contributed by atoms with Gasteiger partial charge in [-0.3, -0.25) is 4.79 Å². The molecular weight excluding hydrogens is 286 g/mol. The maximum absolute atomic E-state index is 12.1. The van der Waals surface area contributed by atoms with Gasteiger partial charge in [0.2, 0.25) is 0 Å². The van der Waals surface area contributed by atoms with Crippen molar-refractivity contribution in [3.8, 4) is 5.75 Å². The Bertz CT molecular complexity index is 707. The summed E-state index contributed by atoms with van der Waals surface area (Å²) in [4.78, 5) is 12.1. The van der Waals surface area contributed by atoms with Gasteiger partial charge in [0.05, 0.1) is 0 Å². The Balaban J connectivity index is 1.60. The molecule has 120 valence electrons. The molecule has 0 spiro atoms. The van der Waals surface area contributed by atoms with Crippen LogP contribution < -0.4 is 10.1 Å². The summed E-state index contributed by atoms with van der Waals surface area (Å²) in [6, 6.07) is 14.1. The number of hydrogen-bond donors (Lipinski definition) is 1. The van der Waals surface area contributed by atoms with Crippen LogP contribution in [0.5, 0.6) is 5.75 Å². The van der Waals surface area contributed by atoms with Crippen molar-refractivity contribution in [2.24, 2.45) is 0 Å². The van der Waals surface area contributed by atoms with E-state index >= 15 is 0 Å². The number of benzene rings is 2. The van der Waals surface area contributed by atoms with Crippen molar-refractivity contribution in [3.63, 3.8) is 0 Å². The largest absolute Gasteiger partial charge is 0.483 e. The first-order valence-corrected chi connectivity index (χ1v) is 8.27. The number of fused-ring (bicyclic) bond motifs is 1. The summed E-state index contributed by atoms with van der Waals surface area (Å²) in [5, 5.41) is 2.93. The Morgan fingerprint density at radius 2 is 1.91 bits per heavy atom. The number of aryl methyl sites for hydroxylation is 2. The third-order valence-electron chi connectivity index (χ3n) is 4.28. The van der Waals surface area contributed by atoms with Crippen LogP contribution in [0.25, 0.3) is 0 Å². The van der Waals surface area contributed by atoms with E-state index in [4.69, 9.17) is 4.74 Å². The molecule has 0 aliphatic heterocycles. The van der Waals surface area contributed by atoms with Crippen molar-refractivity contribution in [3.05, 3.63) is 59.2 Å². The van der Waals surface area contributed by atoms with Gasteiger partial charge in [-0.15, -0.1) is 0 Å². The summed E-state index contributed by atoms with van der Waals surface area (Å²) in [6.07, 6.45) is 3.47. The average molecular weight is 309 g/mol. The van der Waals surface area contributed by atoms with Crippen molar-refractivity contribution in [2.45, 2.75) is 39.0 Å². The maximum atomic E-state index is 12.1. The third kappa shape index (κ3) is 3.73. The first-order valence-electron chi connectivity index (χ1n) is 8.27. The lowest BCUT2D eigenvalue weighted by Crippen LogP contribution is -2.20. The van der Waals surface area contributed by atoms with Crippen LogP contribution in [0.4, 0.5) is 5.69 Å². The summed E-state index contributed by atoms with van der Waals surface area (Å²) in [6.45, 7) is 4.26. The number of carbonyl (C=O) groups is 1. The van der Waals surface area contributed by atoms with E-state index in [1.54, 1.807) is 0 Å². The highest BCUT2D eigenvalue weighted by molar-refractivity contribution is 5.92. The highest BCUT2D eigenvalue weighted by atomic mass is 16.5. The number of anilines is 1. The highest BCUT2D eigenvalue weighted by Gasteiger charge is 2.13. The van der Waals surface area contributed by atoms with E-state index in [0.717, 1.165) is 29.8 Å². The molecule has 1 N–H and O–H groups in total. The Labute approximate surface area is 137 Å². The fraction of sp³-hybridized carbons (Fsp3) is 0.350. The van der Waals surface area contributed by atoms with Crippen molar-refractivity contribution >= 4 is 11.6 Å². The lowest BCUT2D eigenvalue weighted by atomic mass is 10.0. The van der Waals surface area contributed by atoms with Gasteiger partial charge in [-0.2, -0.15) is 0 Å². The summed E-state index contributed by atoms with van der Waals surface area (Å²) in [5.74, 6) is 1.03. The molecule has 0 aromatic heterocycles. The van der Waals surface area contributed by atoms with Gasteiger partial charge >= 0.3 is 0 Å². The zero-order valence-corrected chi connectivity index (χ0v) is 13.8. The standard InChI is InChI=1S/C20H23NO2/c1-14(2)18-8-3-4-9-19(18)23-13-20(22)21-17-11-10-15-6-5-7-16(15)12-17/h3-4,8-12,14H,5-7,13H2,1-2H3,(H,21,22). The van der Waals surface area contributed by atoms with Gasteiger partial charge < -0.3 is 10.1 Å². The van der Waals surface area contributed by atoms with Crippen LogP contribution in [0, 0.1) is 0 Å². The summed E-state index contributed by atoms with van der Waals surface area (Å²) in [5.41, 5.74) is 4.74. The second kappa shape index (κ2) is 6.86. The molecule has 3 nitrogen and oxygen atoms in total. The maximum Gasteiger partial charge on any atom is 0.262 e. The van der Waals surface area contributed by atoms with Crippen molar-refractivity contribution < 1.29 is 9.53 Å². The number of ether oxygens (including phenoxy) is 1. The summed E-state index contributed by atoms with van der Waals surface area (Å²) >= 11 is 0. The molecule has 0 atom stereocenters. The fourth-order valence-electron chi connectivity index (χ4n) is 3.08. The molecule has 1 amide bonds. The predicted octanol–water partition coefficient (Wildman–Crippen LogP) is 4.32. The minimum absolute atomic E-state index is 0.0286. The fourth-order valence-corrected chi connectivity index (χ4v) is 3.08. The van der Waals surface area contributed by atoms with E-state index < -0.39 is 0 Å². The number of para-hydroxylation sites is 1. The van der Waals surface area contributed by atoms with Crippen LogP contribution in [0.15, 0.2) is 42.5 Å². The Hall–Kier alpha value is -2.29. The van der Waals surface area contributed by atoms with Crippen LogP contribution in [0.3, 0.4) is 0 Å². The van der Waals surface area contributed by atoms with Crippen LogP contribution in [0.1, 0.15) is 42.9 Å². The van der Waals surface area contributed by atoms with E-state index in [9.17, 15) is 4.79 Å². The van der Waals surface area contributed by atoms with Gasteiger partial charge in [0.1, 0.15) is 5.75 Å². The van der Waals surface area contributed by atoms with Gasteiger partial charge in [0.15, 0.2) is 6.61 Å². The van der Waals surface area contributed by atoms with Gasteiger partial charge in [0, 0.05) is 5.69 Å². The zero-order chi connectivity index (χ0) is 16.2. The third-order valence-corrected chi connectivity index (χ3v) is 4.28. The Kier molecular flexibility index (Phi) is 4.65. The second-order valence-electron chi connectivity index (χ2n) is 6.37. The molecule has 2 aromatic rings. The number of amides is 1. The Morgan fingerprint density at radius 1 is 1.13 bits per heavy atom. The van der Waals surface area contributed by atoms with E-state index in [0.29, 0.717) is 5.92 Å². The monoisotopic (exact) mass is 309 g/mol. The SMILES string of the molecule is CC(C)c1ccccc1OCC(=O)Nc1ccc2c(c1)CCC2. The minimum Gasteiger partial charge on any atom is -0.483 e. The number of hydrogen-bond acceptors (Lipinski definition) is 2. The molecule has 1 aliphatic rings. The molecule has 23 heavy (non-hydrogen) atoms. The van der Waals surface area contributed by atoms with Crippen LogP contribution in [-0.2, 0) is 17.6 Å². The van der Waals surface area contributed by atoms with E-state index in [2.05, 4.69) is 31.3 Å². The molecule has 3 heteroatoms. The predicted molar refractivity (Wildman–Crippen MR) is 93.1 cm³/mol. The lowest BCUT2D eigenvalue weighted by Gasteiger charge is -2.14. The molecule has 2 aromatic carbocycles. The molecule has 0 saturated carbocycles. The minimum atomic E-state index is -0.124. The van der Waals surface area contributed by atoms with Crippen molar-refractivity contribution in [1.82, 2.24) is 0 Å². The van der Waals surface area contributed by atoms with E-state index in [-0.39, 0.29) is 12.5 Å². The number of nitrogens with one attached hydrogen (secondary N) is 1. The van der Waals surface area contributed by atoms with Gasteiger partial charge in [-0.1, -0.05) is 38.1 Å². The number of rotatable bonds is 5. The highest BCUT2D eigenvalue weighted by Crippen LogP contribution is 2.26. The first-order chi connectivity index (χ1) is 11.1.